The van der Waals surface area contributed by atoms with Crippen LogP contribution in [0.15, 0.2) is 71.7 Å². The van der Waals surface area contributed by atoms with Crippen molar-refractivity contribution in [2.45, 2.75) is 0 Å². The molecule has 2 aromatic carbocycles. The Hall–Kier alpha value is -3.54. The molecule has 120 valence electrons. The van der Waals surface area contributed by atoms with Crippen LogP contribution in [0, 0.1) is 0 Å². The molecule has 0 aliphatic heterocycles. The SMILES string of the molecule is O=C(Nc1ccc(Nc2ccccc2)cc1)c1c[nH]c(=O)cc1O. The Kier molecular flexibility index (Phi) is 4.29. The number of carbonyl (C=O) groups is 1. The van der Waals surface area contributed by atoms with E-state index >= 15 is 0 Å². The molecule has 0 unspecified atom stereocenters. The molecule has 6 heteroatoms. The third-order valence-electron chi connectivity index (χ3n) is 3.35. The van der Waals surface area contributed by atoms with Crippen molar-refractivity contribution in [1.29, 1.82) is 0 Å². The summed E-state index contributed by atoms with van der Waals surface area (Å²) < 4.78 is 0. The van der Waals surface area contributed by atoms with Gasteiger partial charge in [-0.2, -0.15) is 0 Å². The van der Waals surface area contributed by atoms with E-state index in [9.17, 15) is 14.7 Å². The van der Waals surface area contributed by atoms with Crippen LogP contribution in [0.25, 0.3) is 0 Å². The minimum Gasteiger partial charge on any atom is -0.507 e. The van der Waals surface area contributed by atoms with Gasteiger partial charge in [-0.1, -0.05) is 18.2 Å². The average molecular weight is 321 g/mol. The molecule has 0 fully saturated rings. The number of pyridine rings is 1. The lowest BCUT2D eigenvalue weighted by Gasteiger charge is -2.09. The van der Waals surface area contributed by atoms with Gasteiger partial charge in [0.1, 0.15) is 5.75 Å². The summed E-state index contributed by atoms with van der Waals surface area (Å²) in [7, 11) is 0. The van der Waals surface area contributed by atoms with E-state index in [1.807, 2.05) is 42.5 Å². The lowest BCUT2D eigenvalue weighted by atomic mass is 10.2. The van der Waals surface area contributed by atoms with Gasteiger partial charge in [-0.25, -0.2) is 0 Å². The van der Waals surface area contributed by atoms with Crippen molar-refractivity contribution in [2.24, 2.45) is 0 Å². The van der Waals surface area contributed by atoms with Gasteiger partial charge in [0.25, 0.3) is 11.5 Å². The molecule has 4 N–H and O–H groups in total. The number of amides is 1. The Morgan fingerprint density at radius 1 is 0.917 bits per heavy atom. The second-order valence-corrected chi connectivity index (χ2v) is 5.12. The van der Waals surface area contributed by atoms with Crippen LogP contribution in [0.1, 0.15) is 10.4 Å². The molecule has 0 aliphatic carbocycles. The van der Waals surface area contributed by atoms with Gasteiger partial charge in [0.15, 0.2) is 0 Å². The number of benzene rings is 2. The molecule has 1 heterocycles. The summed E-state index contributed by atoms with van der Waals surface area (Å²) in [5.74, 6) is -0.869. The fourth-order valence-corrected chi connectivity index (χ4v) is 2.17. The minimum absolute atomic E-state index is 0.00101. The third kappa shape index (κ3) is 3.61. The van der Waals surface area contributed by atoms with Gasteiger partial charge in [-0.05, 0) is 36.4 Å². The van der Waals surface area contributed by atoms with Crippen molar-refractivity contribution in [3.05, 3.63) is 82.8 Å². The largest absolute Gasteiger partial charge is 0.507 e. The van der Waals surface area contributed by atoms with Crippen LogP contribution in [-0.4, -0.2) is 16.0 Å². The molecule has 1 amide bonds. The van der Waals surface area contributed by atoms with Gasteiger partial charge in [-0.15, -0.1) is 0 Å². The Morgan fingerprint density at radius 3 is 2.21 bits per heavy atom. The first-order valence-corrected chi connectivity index (χ1v) is 7.27. The number of hydrogen-bond donors (Lipinski definition) is 4. The summed E-state index contributed by atoms with van der Waals surface area (Å²) in [5, 5.41) is 15.6. The molecule has 24 heavy (non-hydrogen) atoms. The number of aromatic amines is 1. The van der Waals surface area contributed by atoms with Crippen LogP contribution in [0.5, 0.6) is 5.75 Å². The first-order valence-electron chi connectivity index (χ1n) is 7.27. The standard InChI is InChI=1S/C18H15N3O3/c22-16-10-17(23)19-11-15(16)18(24)21-14-8-6-13(7-9-14)20-12-4-2-1-3-5-12/h1-11,20H,(H,21,24)(H2,19,22,23). The van der Waals surface area contributed by atoms with Crippen molar-refractivity contribution >= 4 is 23.0 Å². The topological polar surface area (TPSA) is 94.2 Å². The Balaban J connectivity index is 1.69. The van der Waals surface area contributed by atoms with E-state index in [0.29, 0.717) is 5.69 Å². The van der Waals surface area contributed by atoms with Crippen molar-refractivity contribution < 1.29 is 9.90 Å². The molecular formula is C18H15N3O3. The van der Waals surface area contributed by atoms with Gasteiger partial charge >= 0.3 is 0 Å². The van der Waals surface area contributed by atoms with Crippen LogP contribution in [0.4, 0.5) is 17.1 Å². The van der Waals surface area contributed by atoms with Gasteiger partial charge in [0, 0.05) is 29.3 Å². The summed E-state index contributed by atoms with van der Waals surface area (Å²) in [6, 6.07) is 17.8. The van der Waals surface area contributed by atoms with Gasteiger partial charge in [-0.3, -0.25) is 9.59 Å². The Morgan fingerprint density at radius 2 is 1.54 bits per heavy atom. The second-order valence-electron chi connectivity index (χ2n) is 5.12. The lowest BCUT2D eigenvalue weighted by molar-refractivity contribution is 0.102. The molecule has 0 saturated heterocycles. The van der Waals surface area contributed by atoms with E-state index in [4.69, 9.17) is 0 Å². The Labute approximate surface area is 137 Å². The van der Waals surface area contributed by atoms with E-state index in [1.165, 1.54) is 6.20 Å². The third-order valence-corrected chi connectivity index (χ3v) is 3.35. The van der Waals surface area contributed by atoms with E-state index in [1.54, 1.807) is 12.1 Å². The monoisotopic (exact) mass is 321 g/mol. The molecule has 1 aromatic heterocycles. The van der Waals surface area contributed by atoms with Gasteiger partial charge in [0.05, 0.1) is 5.56 Å². The van der Waals surface area contributed by atoms with Crippen LogP contribution in [0.3, 0.4) is 0 Å². The van der Waals surface area contributed by atoms with Crippen LogP contribution < -0.4 is 16.2 Å². The summed E-state index contributed by atoms with van der Waals surface area (Å²) in [4.78, 5) is 25.5. The number of rotatable bonds is 4. The molecule has 3 aromatic rings. The maximum absolute atomic E-state index is 12.1. The summed E-state index contributed by atoms with van der Waals surface area (Å²) >= 11 is 0. The maximum atomic E-state index is 12.1. The number of anilines is 3. The molecule has 0 saturated carbocycles. The Bertz CT molecular complexity index is 903. The highest BCUT2D eigenvalue weighted by Crippen LogP contribution is 2.20. The summed E-state index contributed by atoms with van der Waals surface area (Å²) in [6.45, 7) is 0. The number of carbonyl (C=O) groups excluding carboxylic acids is 1. The summed E-state index contributed by atoms with van der Waals surface area (Å²) in [6.07, 6.45) is 1.18. The predicted octanol–water partition coefficient (Wildman–Crippen LogP) is 3.08. The zero-order chi connectivity index (χ0) is 16.9. The highest BCUT2D eigenvalue weighted by Gasteiger charge is 2.11. The first kappa shape index (κ1) is 15.4. The fourth-order valence-electron chi connectivity index (χ4n) is 2.17. The average Bonchev–Trinajstić information content (AvgIpc) is 2.57. The van der Waals surface area contributed by atoms with Crippen LogP contribution in [-0.2, 0) is 0 Å². The van der Waals surface area contributed by atoms with E-state index in [-0.39, 0.29) is 11.3 Å². The van der Waals surface area contributed by atoms with E-state index in [2.05, 4.69) is 15.6 Å². The lowest BCUT2D eigenvalue weighted by Crippen LogP contribution is -2.15. The molecule has 0 spiro atoms. The zero-order valence-corrected chi connectivity index (χ0v) is 12.6. The highest BCUT2D eigenvalue weighted by molar-refractivity contribution is 6.05. The summed E-state index contributed by atoms with van der Waals surface area (Å²) in [5.41, 5.74) is 1.95. The maximum Gasteiger partial charge on any atom is 0.260 e. The predicted molar refractivity (Wildman–Crippen MR) is 92.8 cm³/mol. The van der Waals surface area contributed by atoms with Gasteiger partial charge in [0.2, 0.25) is 0 Å². The second kappa shape index (κ2) is 6.70. The quantitative estimate of drug-likeness (QED) is 0.594. The number of nitrogens with one attached hydrogen (secondary N) is 3. The minimum atomic E-state index is -0.507. The molecule has 6 nitrogen and oxygen atoms in total. The molecule has 0 aliphatic rings. The van der Waals surface area contributed by atoms with Crippen molar-refractivity contribution in [2.75, 3.05) is 10.6 Å². The van der Waals surface area contributed by atoms with E-state index < -0.39 is 11.5 Å². The highest BCUT2D eigenvalue weighted by atomic mass is 16.3. The number of aromatic hydroxyl groups is 1. The first-order chi connectivity index (χ1) is 11.6. The molecular weight excluding hydrogens is 306 g/mol. The van der Waals surface area contributed by atoms with Gasteiger partial charge < -0.3 is 20.7 Å². The molecule has 0 radical (unpaired) electrons. The van der Waals surface area contributed by atoms with Crippen LogP contribution >= 0.6 is 0 Å². The smallest absolute Gasteiger partial charge is 0.260 e. The number of aromatic nitrogens is 1. The molecule has 0 atom stereocenters. The molecule has 3 rings (SSSR count). The van der Waals surface area contributed by atoms with Crippen molar-refractivity contribution in [3.8, 4) is 5.75 Å². The fraction of sp³-hybridized carbons (Fsp3) is 0. The number of H-pyrrole nitrogens is 1. The van der Waals surface area contributed by atoms with Crippen molar-refractivity contribution in [1.82, 2.24) is 4.98 Å². The normalized spacial score (nSPS) is 10.2. The van der Waals surface area contributed by atoms with E-state index in [0.717, 1.165) is 17.4 Å². The van der Waals surface area contributed by atoms with Crippen molar-refractivity contribution in [3.63, 3.8) is 0 Å². The molecule has 0 bridgehead atoms. The zero-order valence-electron chi connectivity index (χ0n) is 12.6. The number of hydrogen-bond acceptors (Lipinski definition) is 4. The van der Waals surface area contributed by atoms with Crippen LogP contribution in [0.2, 0.25) is 0 Å². The number of para-hydroxylation sites is 1.